The molecule has 0 saturated heterocycles. The van der Waals surface area contributed by atoms with E-state index in [9.17, 15) is 8.42 Å². The largest absolute Gasteiger partial charge is 0.492 e. The molecule has 1 atom stereocenters. The van der Waals surface area contributed by atoms with Gasteiger partial charge >= 0.3 is 0 Å². The first-order valence-corrected chi connectivity index (χ1v) is 7.62. The number of sulfone groups is 1. The molecular weight excluding hydrogens is 262 g/mol. The van der Waals surface area contributed by atoms with Crippen LogP contribution in [-0.4, -0.2) is 33.1 Å². The van der Waals surface area contributed by atoms with Gasteiger partial charge in [0.1, 0.15) is 22.2 Å². The summed E-state index contributed by atoms with van der Waals surface area (Å²) in [6.45, 7) is 0.274. The van der Waals surface area contributed by atoms with Gasteiger partial charge in [0.05, 0.1) is 5.75 Å². The molecule has 0 aliphatic rings. The smallest absolute Gasteiger partial charge is 0.147 e. The Labute approximate surface area is 107 Å². The first-order chi connectivity index (χ1) is 7.87. The first kappa shape index (κ1) is 14.3. The van der Waals surface area contributed by atoms with Gasteiger partial charge in [-0.25, -0.2) is 8.42 Å². The summed E-state index contributed by atoms with van der Waals surface area (Å²) in [5, 5.41) is 0.590. The lowest BCUT2D eigenvalue weighted by atomic mass is 10.2. The van der Waals surface area contributed by atoms with Gasteiger partial charge in [-0.2, -0.15) is 0 Å². The third kappa shape index (κ3) is 6.51. The molecule has 6 heteroatoms. The quantitative estimate of drug-likeness (QED) is 0.855. The number of hydrogen-bond acceptors (Lipinski definition) is 4. The molecule has 0 bridgehead atoms. The second-order valence-corrected chi connectivity index (χ2v) is 6.64. The highest BCUT2D eigenvalue weighted by atomic mass is 35.5. The van der Waals surface area contributed by atoms with Gasteiger partial charge in [0.15, 0.2) is 0 Å². The molecule has 0 aliphatic heterocycles. The molecule has 0 aliphatic carbocycles. The minimum absolute atomic E-state index is 0.0765. The molecule has 1 rings (SSSR count). The highest BCUT2D eigenvalue weighted by Crippen LogP contribution is 2.17. The van der Waals surface area contributed by atoms with E-state index in [1.54, 1.807) is 24.3 Å². The minimum atomic E-state index is -2.97. The van der Waals surface area contributed by atoms with Crippen LogP contribution in [-0.2, 0) is 9.84 Å². The van der Waals surface area contributed by atoms with Crippen LogP contribution in [0.3, 0.4) is 0 Å². The zero-order valence-electron chi connectivity index (χ0n) is 9.60. The summed E-state index contributed by atoms with van der Waals surface area (Å²) in [6.07, 6.45) is 1.58. The molecule has 0 radical (unpaired) electrons. The Hall–Kier alpha value is -0.780. The molecule has 96 valence electrons. The maximum Gasteiger partial charge on any atom is 0.147 e. The Balaban J connectivity index is 2.36. The van der Waals surface area contributed by atoms with Gasteiger partial charge in [0, 0.05) is 17.3 Å². The lowest BCUT2D eigenvalue weighted by molar-refractivity contribution is 0.285. The number of hydrogen-bond donors (Lipinski definition) is 1. The molecular formula is C11H16ClNO3S. The van der Waals surface area contributed by atoms with Crippen molar-refractivity contribution in [2.45, 2.75) is 12.5 Å². The van der Waals surface area contributed by atoms with E-state index in [1.807, 2.05) is 0 Å². The van der Waals surface area contributed by atoms with Crippen LogP contribution in [0.4, 0.5) is 0 Å². The molecule has 1 aromatic rings. The fourth-order valence-electron chi connectivity index (χ4n) is 1.21. The molecule has 1 unspecified atom stereocenters. The van der Waals surface area contributed by atoms with Gasteiger partial charge < -0.3 is 10.5 Å². The summed E-state index contributed by atoms with van der Waals surface area (Å²) in [4.78, 5) is 0. The normalized spacial score (nSPS) is 13.4. The molecule has 2 N–H and O–H groups in total. The lowest BCUT2D eigenvalue weighted by Gasteiger charge is -2.12. The Bertz CT molecular complexity index is 462. The summed E-state index contributed by atoms with van der Waals surface area (Å²) in [6, 6.07) is 6.68. The molecule has 0 aromatic heterocycles. The summed E-state index contributed by atoms with van der Waals surface area (Å²) in [5.41, 5.74) is 5.74. The molecule has 0 saturated carbocycles. The zero-order chi connectivity index (χ0) is 12.9. The van der Waals surface area contributed by atoms with Gasteiger partial charge in [-0.1, -0.05) is 17.7 Å². The molecule has 0 heterocycles. The van der Waals surface area contributed by atoms with Crippen molar-refractivity contribution >= 4 is 21.4 Å². The fraction of sp³-hybridized carbons (Fsp3) is 0.455. The maximum absolute atomic E-state index is 10.9. The van der Waals surface area contributed by atoms with E-state index in [4.69, 9.17) is 22.1 Å². The average Bonchev–Trinajstić information content (AvgIpc) is 2.23. The van der Waals surface area contributed by atoms with E-state index in [0.717, 1.165) is 0 Å². The van der Waals surface area contributed by atoms with Crippen LogP contribution in [0.2, 0.25) is 5.02 Å². The number of rotatable bonds is 6. The molecule has 0 fully saturated rings. The van der Waals surface area contributed by atoms with Crippen LogP contribution >= 0.6 is 11.6 Å². The van der Waals surface area contributed by atoms with E-state index < -0.39 is 9.84 Å². The van der Waals surface area contributed by atoms with Crippen molar-refractivity contribution in [2.75, 3.05) is 18.6 Å². The predicted molar refractivity (Wildman–Crippen MR) is 69.3 cm³/mol. The van der Waals surface area contributed by atoms with Crippen molar-refractivity contribution < 1.29 is 13.2 Å². The summed E-state index contributed by atoms with van der Waals surface area (Å²) in [5.74, 6) is 0.708. The Kier molecular flexibility index (Phi) is 5.24. The average molecular weight is 278 g/mol. The van der Waals surface area contributed by atoms with Crippen LogP contribution in [0, 0.1) is 0 Å². The summed E-state index contributed by atoms with van der Waals surface area (Å²) in [7, 11) is -2.97. The molecule has 0 amide bonds. The van der Waals surface area contributed by atoms with Crippen molar-refractivity contribution in [3.8, 4) is 5.75 Å². The predicted octanol–water partition coefficient (Wildman–Crippen LogP) is 1.48. The van der Waals surface area contributed by atoms with E-state index in [-0.39, 0.29) is 18.4 Å². The van der Waals surface area contributed by atoms with Crippen molar-refractivity contribution in [3.05, 3.63) is 29.3 Å². The van der Waals surface area contributed by atoms with Crippen molar-refractivity contribution in [1.29, 1.82) is 0 Å². The minimum Gasteiger partial charge on any atom is -0.492 e. The summed E-state index contributed by atoms with van der Waals surface area (Å²) < 4.78 is 27.3. The van der Waals surface area contributed by atoms with Crippen molar-refractivity contribution in [1.82, 2.24) is 0 Å². The first-order valence-electron chi connectivity index (χ1n) is 5.18. The van der Waals surface area contributed by atoms with Crippen molar-refractivity contribution in [2.24, 2.45) is 5.73 Å². The van der Waals surface area contributed by atoms with Crippen LogP contribution in [0.15, 0.2) is 24.3 Å². The third-order valence-corrected chi connectivity index (χ3v) is 3.33. The lowest BCUT2D eigenvalue weighted by Crippen LogP contribution is -2.30. The number of nitrogens with two attached hydrogens (primary N) is 1. The van der Waals surface area contributed by atoms with E-state index >= 15 is 0 Å². The number of ether oxygens (including phenoxy) is 1. The van der Waals surface area contributed by atoms with Crippen LogP contribution in [0.1, 0.15) is 6.42 Å². The van der Waals surface area contributed by atoms with Crippen LogP contribution in [0.25, 0.3) is 0 Å². The Morgan fingerprint density at radius 2 is 2.18 bits per heavy atom. The van der Waals surface area contributed by atoms with E-state index in [2.05, 4.69) is 0 Å². The van der Waals surface area contributed by atoms with E-state index in [0.29, 0.717) is 17.2 Å². The maximum atomic E-state index is 10.9. The van der Waals surface area contributed by atoms with Gasteiger partial charge in [0.25, 0.3) is 0 Å². The molecule has 1 aromatic carbocycles. The van der Waals surface area contributed by atoms with Gasteiger partial charge in [-0.3, -0.25) is 0 Å². The van der Waals surface area contributed by atoms with Gasteiger partial charge in [-0.15, -0.1) is 0 Å². The van der Waals surface area contributed by atoms with Crippen molar-refractivity contribution in [3.63, 3.8) is 0 Å². The highest BCUT2D eigenvalue weighted by Gasteiger charge is 2.09. The zero-order valence-corrected chi connectivity index (χ0v) is 11.2. The van der Waals surface area contributed by atoms with Crippen LogP contribution in [0.5, 0.6) is 5.75 Å². The molecule has 0 spiro atoms. The highest BCUT2D eigenvalue weighted by molar-refractivity contribution is 7.90. The SMILES string of the molecule is CS(=O)(=O)CCC(N)COc1cccc(Cl)c1. The molecule has 4 nitrogen and oxygen atoms in total. The molecule has 17 heavy (non-hydrogen) atoms. The van der Waals surface area contributed by atoms with Crippen LogP contribution < -0.4 is 10.5 Å². The standard InChI is InChI=1S/C11H16ClNO3S/c1-17(14,15)6-5-10(13)8-16-11-4-2-3-9(12)7-11/h2-4,7,10H,5-6,8,13H2,1H3. The third-order valence-electron chi connectivity index (χ3n) is 2.12. The van der Waals surface area contributed by atoms with Gasteiger partial charge in [-0.05, 0) is 24.6 Å². The van der Waals surface area contributed by atoms with E-state index in [1.165, 1.54) is 6.26 Å². The number of halogens is 1. The van der Waals surface area contributed by atoms with Gasteiger partial charge in [0.2, 0.25) is 0 Å². The second kappa shape index (κ2) is 6.23. The Morgan fingerprint density at radius 3 is 2.76 bits per heavy atom. The fourth-order valence-corrected chi connectivity index (χ4v) is 2.12. The number of benzene rings is 1. The monoisotopic (exact) mass is 277 g/mol. The topological polar surface area (TPSA) is 69.4 Å². The summed E-state index contributed by atoms with van der Waals surface area (Å²) >= 11 is 5.79. The Morgan fingerprint density at radius 1 is 1.47 bits per heavy atom. The second-order valence-electron chi connectivity index (χ2n) is 3.95.